The van der Waals surface area contributed by atoms with Gasteiger partial charge in [0.05, 0.1) is 35.9 Å². The zero-order valence-corrected chi connectivity index (χ0v) is 26.2. The van der Waals surface area contributed by atoms with Gasteiger partial charge in [-0.05, 0) is 12.5 Å². The van der Waals surface area contributed by atoms with Crippen LogP contribution in [0.2, 0.25) is 10.0 Å². The van der Waals surface area contributed by atoms with Gasteiger partial charge in [0.1, 0.15) is 39.6 Å². The smallest absolute Gasteiger partial charge is 0.263 e. The molecule has 4 N–H and O–H groups in total. The largest absolute Gasteiger partial charge is 0.505 e. The van der Waals surface area contributed by atoms with Gasteiger partial charge < -0.3 is 30.4 Å². The second-order valence-electron chi connectivity index (χ2n) is 11.7. The second kappa shape index (κ2) is 12.0. The number of fused-ring (bicyclic) bond motifs is 2. The summed E-state index contributed by atoms with van der Waals surface area (Å²) in [5.74, 6) is -3.80. The quantitative estimate of drug-likeness (QED) is 0.248. The first-order chi connectivity index (χ1) is 22.5. The first-order valence-corrected chi connectivity index (χ1v) is 15.6. The van der Waals surface area contributed by atoms with E-state index in [1.807, 2.05) is 4.90 Å². The molecule has 4 aromatic rings. The Bertz CT molecular complexity index is 2020. The molecule has 3 aromatic heterocycles. The number of ether oxygens (including phenoxy) is 1. The summed E-state index contributed by atoms with van der Waals surface area (Å²) in [6, 6.07) is 2.88. The highest BCUT2D eigenvalue weighted by Gasteiger charge is 2.31. The number of aryl methyl sites for hydroxylation is 1. The standard InChI is InChI=1S/C30H28Cl2F2N8O5/c31-23-18(9-20(37-27(23)34)40-6-4-39(5-7-40)14-12-47-13-14)36-21(43)11-41-10-17(15-8-16(28(35)45)26(44)24(32)25(15)33)22-29(41)38-19-2-1-3-42(19)30(22)46/h8-10,14,44H,1-7,11-13H2,(H2,35,45)(H,36,37,43). The van der Waals surface area contributed by atoms with Crippen LogP contribution in [0, 0.1) is 11.8 Å². The maximum atomic E-state index is 15.5. The molecular formula is C30H28Cl2F2N8O5. The number of halogens is 4. The van der Waals surface area contributed by atoms with Crippen LogP contribution in [-0.4, -0.2) is 86.4 Å². The molecule has 7 rings (SSSR count). The fourth-order valence-corrected chi connectivity index (χ4v) is 6.63. The fourth-order valence-electron chi connectivity index (χ4n) is 6.29. The summed E-state index contributed by atoms with van der Waals surface area (Å²) < 4.78 is 38.5. The van der Waals surface area contributed by atoms with E-state index in [0.717, 1.165) is 19.2 Å². The van der Waals surface area contributed by atoms with Gasteiger partial charge >= 0.3 is 0 Å². The number of anilines is 2. The van der Waals surface area contributed by atoms with Crippen LogP contribution in [-0.2, 0) is 29.0 Å². The second-order valence-corrected chi connectivity index (χ2v) is 12.4. The lowest BCUT2D eigenvalue weighted by atomic mass is 10.0. The van der Waals surface area contributed by atoms with E-state index in [4.69, 9.17) is 33.7 Å². The molecule has 0 aliphatic carbocycles. The van der Waals surface area contributed by atoms with Crippen molar-refractivity contribution in [1.82, 2.24) is 24.0 Å². The highest BCUT2D eigenvalue weighted by molar-refractivity contribution is 6.34. The normalized spacial score (nSPS) is 16.8. The Labute approximate surface area is 275 Å². The number of primary amides is 1. The van der Waals surface area contributed by atoms with E-state index >= 15 is 4.39 Å². The van der Waals surface area contributed by atoms with E-state index in [2.05, 4.69) is 20.2 Å². The summed E-state index contributed by atoms with van der Waals surface area (Å²) in [6.45, 7) is 4.03. The van der Waals surface area contributed by atoms with Gasteiger partial charge in [-0.25, -0.2) is 14.4 Å². The van der Waals surface area contributed by atoms with Gasteiger partial charge in [-0.2, -0.15) is 4.39 Å². The van der Waals surface area contributed by atoms with E-state index in [0.29, 0.717) is 63.4 Å². The lowest BCUT2D eigenvalue weighted by molar-refractivity contribution is -0.116. The molecule has 3 aliphatic rings. The molecule has 17 heteroatoms. The number of carbonyl (C=O) groups excluding carboxylic acids is 2. The summed E-state index contributed by atoms with van der Waals surface area (Å²) in [5, 5.41) is 11.7. The van der Waals surface area contributed by atoms with Crippen LogP contribution in [0.3, 0.4) is 0 Å². The summed E-state index contributed by atoms with van der Waals surface area (Å²) >= 11 is 12.2. The number of benzene rings is 1. The van der Waals surface area contributed by atoms with Crippen molar-refractivity contribution in [2.24, 2.45) is 5.73 Å². The van der Waals surface area contributed by atoms with E-state index in [9.17, 15) is 23.9 Å². The first kappa shape index (κ1) is 31.3. The highest BCUT2D eigenvalue weighted by atomic mass is 35.5. The number of hydrogen-bond donors (Lipinski definition) is 3. The van der Waals surface area contributed by atoms with Crippen LogP contribution in [0.5, 0.6) is 5.75 Å². The minimum absolute atomic E-state index is 0.00190. The van der Waals surface area contributed by atoms with Gasteiger partial charge in [0.2, 0.25) is 11.9 Å². The van der Waals surface area contributed by atoms with Crippen LogP contribution in [0.15, 0.2) is 23.1 Å². The Morgan fingerprint density at radius 3 is 2.49 bits per heavy atom. The van der Waals surface area contributed by atoms with E-state index in [1.54, 1.807) is 0 Å². The SMILES string of the molecule is NC(=O)c1cc(-c2cn(CC(=O)Nc3cc(N4CCN(C5COC5)CC4)nc(F)c3Cl)c3nc4n(c(=O)c23)CCC4)c(F)c(Cl)c1O. The molecule has 0 saturated carbocycles. The molecule has 47 heavy (non-hydrogen) atoms. The van der Waals surface area contributed by atoms with Crippen LogP contribution in [0.1, 0.15) is 22.6 Å². The number of aromatic hydroxyl groups is 1. The number of pyridine rings is 1. The van der Waals surface area contributed by atoms with E-state index in [1.165, 1.54) is 21.4 Å². The van der Waals surface area contributed by atoms with E-state index in [-0.39, 0.29) is 32.9 Å². The van der Waals surface area contributed by atoms with E-state index < -0.39 is 52.0 Å². The summed E-state index contributed by atoms with van der Waals surface area (Å²) in [6.07, 6.45) is 2.51. The molecule has 0 spiro atoms. The molecule has 246 valence electrons. The van der Waals surface area contributed by atoms with Gasteiger partial charge in [0, 0.05) is 62.5 Å². The number of rotatable bonds is 7. The monoisotopic (exact) mass is 688 g/mol. The molecule has 2 saturated heterocycles. The first-order valence-electron chi connectivity index (χ1n) is 14.9. The summed E-state index contributed by atoms with van der Waals surface area (Å²) in [4.78, 5) is 52.0. The van der Waals surface area contributed by atoms with Crippen molar-refractivity contribution in [3.05, 3.63) is 61.9 Å². The average molecular weight is 690 g/mol. The number of hydrogen-bond acceptors (Lipinski definition) is 9. The Kier molecular flexibility index (Phi) is 8.02. The fraction of sp³-hybridized carbons (Fsp3) is 0.367. The van der Waals surface area contributed by atoms with Gasteiger partial charge in [-0.1, -0.05) is 23.2 Å². The number of piperazine rings is 1. The average Bonchev–Trinajstić information content (AvgIpc) is 3.63. The molecule has 3 aliphatic heterocycles. The minimum Gasteiger partial charge on any atom is -0.505 e. The molecule has 0 unspecified atom stereocenters. The number of amides is 2. The Hall–Kier alpha value is -4.31. The molecule has 6 heterocycles. The Morgan fingerprint density at radius 1 is 1.06 bits per heavy atom. The van der Waals surface area contributed by atoms with Gasteiger partial charge in [0.15, 0.2) is 5.82 Å². The lowest BCUT2D eigenvalue weighted by Gasteiger charge is -2.42. The van der Waals surface area contributed by atoms with Crippen molar-refractivity contribution < 1.29 is 28.2 Å². The minimum atomic E-state index is -1.10. The molecule has 0 atom stereocenters. The maximum absolute atomic E-state index is 15.5. The predicted octanol–water partition coefficient (Wildman–Crippen LogP) is 2.76. The molecule has 0 bridgehead atoms. The third kappa shape index (κ3) is 5.46. The number of aromatic nitrogens is 4. The van der Waals surface area contributed by atoms with Crippen LogP contribution < -0.4 is 21.5 Å². The number of carbonyl (C=O) groups is 2. The maximum Gasteiger partial charge on any atom is 0.263 e. The molecular weight excluding hydrogens is 661 g/mol. The molecule has 0 radical (unpaired) electrons. The topological polar surface area (TPSA) is 161 Å². The molecule has 1 aromatic carbocycles. The number of nitrogens with one attached hydrogen (secondary N) is 1. The van der Waals surface area contributed by atoms with Crippen molar-refractivity contribution in [3.8, 4) is 16.9 Å². The third-order valence-corrected chi connectivity index (χ3v) is 9.55. The Balaban J connectivity index is 1.22. The highest BCUT2D eigenvalue weighted by Crippen LogP contribution is 2.39. The molecule has 2 amide bonds. The summed E-state index contributed by atoms with van der Waals surface area (Å²) in [7, 11) is 0. The van der Waals surface area contributed by atoms with Crippen molar-refractivity contribution in [2.45, 2.75) is 32.0 Å². The zero-order valence-electron chi connectivity index (χ0n) is 24.7. The van der Waals surface area contributed by atoms with Crippen LogP contribution in [0.25, 0.3) is 22.2 Å². The predicted molar refractivity (Wildman–Crippen MR) is 169 cm³/mol. The number of nitrogens with two attached hydrogens (primary N) is 1. The molecule has 13 nitrogen and oxygen atoms in total. The van der Waals surface area contributed by atoms with Crippen molar-refractivity contribution in [1.29, 1.82) is 0 Å². The Morgan fingerprint density at radius 2 is 1.81 bits per heavy atom. The third-order valence-electron chi connectivity index (χ3n) is 8.84. The van der Waals surface area contributed by atoms with Crippen molar-refractivity contribution in [2.75, 3.05) is 49.6 Å². The van der Waals surface area contributed by atoms with Crippen molar-refractivity contribution in [3.63, 3.8) is 0 Å². The zero-order chi connectivity index (χ0) is 33.1. The number of nitrogens with zero attached hydrogens (tertiary/aromatic N) is 6. The van der Waals surface area contributed by atoms with Gasteiger partial charge in [-0.15, -0.1) is 0 Å². The van der Waals surface area contributed by atoms with Crippen molar-refractivity contribution >= 4 is 57.6 Å². The summed E-state index contributed by atoms with van der Waals surface area (Å²) in [5.41, 5.74) is 4.22. The van der Waals surface area contributed by atoms with Gasteiger partial charge in [-0.3, -0.25) is 23.9 Å². The lowest BCUT2D eigenvalue weighted by Crippen LogP contribution is -2.56. The number of phenols is 1. The van der Waals surface area contributed by atoms with Gasteiger partial charge in [0.25, 0.3) is 11.5 Å². The van der Waals surface area contributed by atoms with Crippen LogP contribution >= 0.6 is 23.2 Å². The molecule has 2 fully saturated rings. The van der Waals surface area contributed by atoms with Crippen LogP contribution in [0.4, 0.5) is 20.3 Å².